The number of benzene rings is 2. The first-order valence-electron chi connectivity index (χ1n) is 16.5. The van der Waals surface area contributed by atoms with Gasteiger partial charge in [-0.05, 0) is 111 Å². The van der Waals surface area contributed by atoms with E-state index in [4.69, 9.17) is 4.74 Å². The third kappa shape index (κ3) is 7.51. The lowest BCUT2D eigenvalue weighted by Gasteiger charge is -2.46. The van der Waals surface area contributed by atoms with Gasteiger partial charge in [-0.2, -0.15) is 4.31 Å². The normalized spacial score (nSPS) is 25.1. The summed E-state index contributed by atoms with van der Waals surface area (Å²) in [5, 5.41) is 25.3. The first-order valence-corrected chi connectivity index (χ1v) is 18.8. The quantitative estimate of drug-likeness (QED) is 0.134. The zero-order chi connectivity index (χ0) is 34.7. The Morgan fingerprint density at radius 1 is 1.10 bits per heavy atom. The van der Waals surface area contributed by atoms with E-state index >= 15 is 0 Å². The van der Waals surface area contributed by atoms with Crippen molar-refractivity contribution in [3.05, 3.63) is 99.4 Å². The zero-order valence-corrected chi connectivity index (χ0v) is 29.4. The maximum atomic E-state index is 14.3. The van der Waals surface area contributed by atoms with E-state index in [1.165, 1.54) is 10.4 Å². The third-order valence-electron chi connectivity index (χ3n) is 10.4. The van der Waals surface area contributed by atoms with Crippen LogP contribution in [0.4, 0.5) is 8.78 Å². The molecular formula is C37H45F2NO6S2. The van der Waals surface area contributed by atoms with Crippen LogP contribution in [0, 0.1) is 17.0 Å². The number of nitrogens with zero attached hydrogens (tertiary/aromatic N) is 1. The highest BCUT2D eigenvalue weighted by molar-refractivity contribution is 7.91. The van der Waals surface area contributed by atoms with Gasteiger partial charge >= 0.3 is 0 Å². The summed E-state index contributed by atoms with van der Waals surface area (Å²) in [6, 6.07) is 11.8. The van der Waals surface area contributed by atoms with E-state index < -0.39 is 44.6 Å². The molecule has 2 N–H and O–H groups in total. The minimum absolute atomic E-state index is 0.00570. The molecule has 0 unspecified atom stereocenters. The molecule has 2 aromatic carbocycles. The minimum Gasteiger partial charge on any atom is -0.393 e. The molecule has 1 aromatic heterocycles. The smallest absolute Gasteiger partial charge is 0.252 e. The number of carbonyl (C=O) groups is 1. The number of fused-ring (bicyclic) bond motifs is 8. The van der Waals surface area contributed by atoms with E-state index in [2.05, 4.69) is 6.08 Å². The lowest BCUT2D eigenvalue weighted by atomic mass is 9.64. The molecule has 2 bridgehead atoms. The molecule has 0 aliphatic heterocycles. The number of hydrogen-bond acceptors (Lipinski definition) is 7. The number of rotatable bonds is 10. The Labute approximate surface area is 286 Å². The molecule has 0 saturated heterocycles. The Morgan fingerprint density at radius 3 is 2.60 bits per heavy atom. The zero-order valence-electron chi connectivity index (χ0n) is 27.8. The van der Waals surface area contributed by atoms with Crippen molar-refractivity contribution in [2.45, 2.75) is 87.0 Å². The van der Waals surface area contributed by atoms with Gasteiger partial charge in [0.25, 0.3) is 10.0 Å². The van der Waals surface area contributed by atoms with E-state index in [0.29, 0.717) is 62.7 Å². The predicted octanol–water partition coefficient (Wildman–Crippen LogP) is 7.02. The van der Waals surface area contributed by atoms with Crippen LogP contribution in [0.3, 0.4) is 0 Å². The number of ketones is 1. The Bertz CT molecular complexity index is 1740. The van der Waals surface area contributed by atoms with Crippen LogP contribution in [0.2, 0.25) is 0 Å². The van der Waals surface area contributed by atoms with Crippen molar-refractivity contribution in [1.29, 1.82) is 0 Å². The van der Waals surface area contributed by atoms with Crippen LogP contribution in [0.1, 0.15) is 91.8 Å². The van der Waals surface area contributed by atoms with Gasteiger partial charge in [0, 0.05) is 43.3 Å². The average Bonchev–Trinajstić information content (AvgIpc) is 3.68. The van der Waals surface area contributed by atoms with Gasteiger partial charge in [0.05, 0.1) is 11.7 Å². The van der Waals surface area contributed by atoms with E-state index in [1.807, 2.05) is 26.0 Å². The van der Waals surface area contributed by atoms with Crippen LogP contribution in [0.5, 0.6) is 0 Å². The number of aliphatic hydroxyl groups is 2. The molecule has 3 aliphatic rings. The van der Waals surface area contributed by atoms with Crippen LogP contribution in [0.15, 0.2) is 69.8 Å². The summed E-state index contributed by atoms with van der Waals surface area (Å²) in [7, 11) is -2.37. The molecule has 1 fully saturated rings. The topological polar surface area (TPSA) is 104 Å². The second-order valence-corrected chi connectivity index (χ2v) is 16.6. The van der Waals surface area contributed by atoms with Crippen LogP contribution in [0.25, 0.3) is 0 Å². The molecule has 11 heteroatoms. The number of aliphatic hydroxyl groups excluding tert-OH is 1. The molecule has 3 aliphatic carbocycles. The molecule has 0 spiro atoms. The number of halogens is 2. The number of hydrogen-bond donors (Lipinski definition) is 2. The van der Waals surface area contributed by atoms with Crippen molar-refractivity contribution in [1.82, 2.24) is 4.31 Å². The van der Waals surface area contributed by atoms with Crippen molar-refractivity contribution >= 4 is 27.1 Å². The number of allylic oxidation sites excluding steroid dienone is 2. The van der Waals surface area contributed by atoms with Gasteiger partial charge in [-0.25, -0.2) is 17.2 Å². The lowest BCUT2D eigenvalue weighted by molar-refractivity contribution is -0.0727. The first kappa shape index (κ1) is 36.5. The molecule has 7 nitrogen and oxygen atoms in total. The molecule has 6 rings (SSSR count). The molecular weight excluding hydrogens is 657 g/mol. The third-order valence-corrected chi connectivity index (χ3v) is 13.6. The SMILES string of the molecule is COCCCN(C[C@]1(O)CC[C@H]2c3ccc(cc3C(=O)c3ccc(F)c(F)c3)C[C@@H](O)CCC(C)=CCC[C@@]21C)S(=O)(=O)c1cccs1. The van der Waals surface area contributed by atoms with Crippen molar-refractivity contribution in [3.8, 4) is 0 Å². The fourth-order valence-corrected chi connectivity index (χ4v) is 10.2. The standard InChI is InChI=1S/C37H45F2NO6S2/c1-25-7-4-16-36(2)31(15-17-37(36,43)24-40(18-6-19-46-3)48(44,45)34-8-5-20-47-34)29-13-10-26(21-28(41)12-9-25)22-30(29)35(42)27-11-14-32(38)33(39)23-27/h5,7-8,10-11,13-14,20,22-23,28,31,41,43H,4,6,9,12,15-19,21,24H2,1-3H3/t28-,31-,36-,37+/m0/s1. The number of carbonyl (C=O) groups excluding carboxylic acids is 1. The molecule has 0 radical (unpaired) electrons. The largest absolute Gasteiger partial charge is 0.393 e. The lowest BCUT2D eigenvalue weighted by Crippen LogP contribution is -2.54. The predicted molar refractivity (Wildman–Crippen MR) is 183 cm³/mol. The Morgan fingerprint density at radius 2 is 1.90 bits per heavy atom. The summed E-state index contributed by atoms with van der Waals surface area (Å²) < 4.78 is 62.8. The van der Waals surface area contributed by atoms with Crippen molar-refractivity contribution < 1.29 is 36.9 Å². The fourth-order valence-electron chi connectivity index (χ4n) is 7.49. The van der Waals surface area contributed by atoms with Crippen molar-refractivity contribution in [2.24, 2.45) is 5.41 Å². The van der Waals surface area contributed by atoms with E-state index in [0.717, 1.165) is 34.6 Å². The number of ether oxygens (including phenoxy) is 1. The molecule has 1 heterocycles. The Hall–Kier alpha value is -2.80. The van der Waals surface area contributed by atoms with Gasteiger partial charge < -0.3 is 14.9 Å². The molecule has 1 saturated carbocycles. The summed E-state index contributed by atoms with van der Waals surface area (Å²) in [4.78, 5) is 14.1. The number of thiophene rings is 1. The second-order valence-electron chi connectivity index (χ2n) is 13.5. The van der Waals surface area contributed by atoms with Crippen molar-refractivity contribution in [2.75, 3.05) is 26.8 Å². The minimum atomic E-state index is -3.93. The van der Waals surface area contributed by atoms with Crippen LogP contribution >= 0.6 is 11.3 Å². The maximum absolute atomic E-state index is 14.3. The van der Waals surface area contributed by atoms with Gasteiger partial charge in [-0.15, -0.1) is 11.3 Å². The highest BCUT2D eigenvalue weighted by Gasteiger charge is 2.58. The summed E-state index contributed by atoms with van der Waals surface area (Å²) in [6.07, 6.45) is 5.31. The van der Waals surface area contributed by atoms with E-state index in [9.17, 15) is 32.2 Å². The monoisotopic (exact) mass is 701 g/mol. The Kier molecular flexibility index (Phi) is 11.4. The molecule has 48 heavy (non-hydrogen) atoms. The highest BCUT2D eigenvalue weighted by Crippen LogP contribution is 2.59. The van der Waals surface area contributed by atoms with Gasteiger partial charge in [0.1, 0.15) is 4.21 Å². The highest BCUT2D eigenvalue weighted by atomic mass is 32.2. The first-order chi connectivity index (χ1) is 22.8. The van der Waals surface area contributed by atoms with E-state index in [-0.39, 0.29) is 35.2 Å². The average molecular weight is 702 g/mol. The van der Waals surface area contributed by atoms with Crippen LogP contribution in [-0.2, 0) is 21.2 Å². The number of methoxy groups -OCH3 is 1. The van der Waals surface area contributed by atoms with Crippen molar-refractivity contribution in [3.63, 3.8) is 0 Å². The van der Waals surface area contributed by atoms with Crippen LogP contribution in [-0.4, -0.2) is 67.2 Å². The van der Waals surface area contributed by atoms with Gasteiger partial charge in [-0.1, -0.05) is 36.8 Å². The molecule has 0 amide bonds. The summed E-state index contributed by atoms with van der Waals surface area (Å²) in [6.45, 7) is 4.39. The van der Waals surface area contributed by atoms with Gasteiger partial charge in [0.2, 0.25) is 0 Å². The second kappa shape index (κ2) is 15.0. The summed E-state index contributed by atoms with van der Waals surface area (Å²) >= 11 is 1.13. The molecule has 4 atom stereocenters. The fraction of sp³-hybridized carbons (Fsp3) is 0.486. The maximum Gasteiger partial charge on any atom is 0.252 e. The molecule has 260 valence electrons. The summed E-state index contributed by atoms with van der Waals surface area (Å²) in [5.41, 5.74) is 0.459. The van der Waals surface area contributed by atoms with Gasteiger partial charge in [-0.3, -0.25) is 4.79 Å². The van der Waals surface area contributed by atoms with Gasteiger partial charge in [0.15, 0.2) is 17.4 Å². The number of sulfonamides is 1. The van der Waals surface area contributed by atoms with Crippen LogP contribution < -0.4 is 0 Å². The Balaban J connectivity index is 1.62. The molecule has 3 aromatic rings. The summed E-state index contributed by atoms with van der Waals surface area (Å²) in [5.74, 6) is -3.03. The van der Waals surface area contributed by atoms with E-state index in [1.54, 1.807) is 30.7 Å².